The number of pyridine rings is 1. The van der Waals surface area contributed by atoms with Crippen LogP contribution in [0.3, 0.4) is 0 Å². The largest absolute Gasteiger partial charge is 0.487 e. The molecule has 1 aliphatic heterocycles. The summed E-state index contributed by atoms with van der Waals surface area (Å²) in [6.07, 6.45) is 9.58. The predicted molar refractivity (Wildman–Crippen MR) is 142 cm³/mol. The zero-order valence-corrected chi connectivity index (χ0v) is 22.7. The Balaban J connectivity index is 1.67. The van der Waals surface area contributed by atoms with Crippen molar-refractivity contribution < 1.29 is 23.1 Å². The first kappa shape index (κ1) is 27.3. The van der Waals surface area contributed by atoms with E-state index in [1.807, 2.05) is 31.2 Å². The molecule has 9 heteroatoms. The number of nitrogens with zero attached hydrogens (tertiary/aromatic N) is 3. The summed E-state index contributed by atoms with van der Waals surface area (Å²) in [5, 5.41) is 9.85. The second kappa shape index (κ2) is 11.8. The lowest BCUT2D eigenvalue weighted by molar-refractivity contribution is -0.130. The van der Waals surface area contributed by atoms with E-state index >= 15 is 0 Å². The molecule has 0 bridgehead atoms. The number of rotatable bonds is 7. The van der Waals surface area contributed by atoms with Gasteiger partial charge in [0.1, 0.15) is 16.7 Å². The SMILES string of the molecule is C[C@H](CO)N1C[C@H](C)[C@H](CN(C)C(=O)Cc2ccncc2)Oc2cc(C3=CCCCC3)ccc2S1(=O)=O. The number of ether oxygens (including phenoxy) is 1. The highest BCUT2D eigenvalue weighted by Gasteiger charge is 2.38. The Hall–Kier alpha value is -2.75. The molecular formula is C28H37N3O5S. The topological polar surface area (TPSA) is 100 Å². The minimum atomic E-state index is -3.90. The van der Waals surface area contributed by atoms with Crippen LogP contribution in [0, 0.1) is 5.92 Å². The summed E-state index contributed by atoms with van der Waals surface area (Å²) in [6, 6.07) is 8.34. The average Bonchev–Trinajstić information content (AvgIpc) is 2.91. The fourth-order valence-corrected chi connectivity index (χ4v) is 6.75. The smallest absolute Gasteiger partial charge is 0.247 e. The molecule has 0 radical (unpaired) electrons. The number of carbonyl (C=O) groups excluding carboxylic acids is 1. The quantitative estimate of drug-likeness (QED) is 0.592. The van der Waals surface area contributed by atoms with Gasteiger partial charge in [0.25, 0.3) is 0 Å². The number of aromatic nitrogens is 1. The van der Waals surface area contributed by atoms with Gasteiger partial charge in [0.2, 0.25) is 15.9 Å². The molecule has 0 fully saturated rings. The predicted octanol–water partition coefficient (Wildman–Crippen LogP) is 3.51. The van der Waals surface area contributed by atoms with E-state index in [2.05, 4.69) is 11.1 Å². The maximum Gasteiger partial charge on any atom is 0.247 e. The summed E-state index contributed by atoms with van der Waals surface area (Å²) in [6.45, 7) is 3.82. The number of amides is 1. The Bertz CT molecular complexity index is 1230. The first-order chi connectivity index (χ1) is 17.7. The average molecular weight is 528 g/mol. The normalized spacial score (nSPS) is 22.5. The summed E-state index contributed by atoms with van der Waals surface area (Å²) in [7, 11) is -2.16. The maximum absolute atomic E-state index is 13.7. The Kier molecular flexibility index (Phi) is 8.67. The summed E-state index contributed by atoms with van der Waals surface area (Å²) < 4.78 is 35.2. The summed E-state index contributed by atoms with van der Waals surface area (Å²) in [5.74, 6) is 0.00916. The molecule has 2 heterocycles. The van der Waals surface area contributed by atoms with Gasteiger partial charge in [0.15, 0.2) is 0 Å². The van der Waals surface area contributed by atoms with Gasteiger partial charge in [-0.05, 0) is 73.6 Å². The fourth-order valence-electron chi connectivity index (χ4n) is 4.93. The molecule has 1 N–H and O–H groups in total. The van der Waals surface area contributed by atoms with Crippen molar-refractivity contribution in [1.82, 2.24) is 14.2 Å². The van der Waals surface area contributed by atoms with Gasteiger partial charge in [0.05, 0.1) is 19.6 Å². The Morgan fingerprint density at radius 3 is 2.68 bits per heavy atom. The van der Waals surface area contributed by atoms with Gasteiger partial charge >= 0.3 is 0 Å². The van der Waals surface area contributed by atoms with Gasteiger partial charge in [-0.15, -0.1) is 0 Å². The van der Waals surface area contributed by atoms with Crippen LogP contribution in [0.5, 0.6) is 5.75 Å². The van der Waals surface area contributed by atoms with Crippen LogP contribution < -0.4 is 4.74 Å². The molecule has 2 aliphatic rings. The van der Waals surface area contributed by atoms with E-state index in [1.165, 1.54) is 9.88 Å². The van der Waals surface area contributed by atoms with Crippen molar-refractivity contribution in [2.24, 2.45) is 5.92 Å². The number of carbonyl (C=O) groups is 1. The van der Waals surface area contributed by atoms with E-state index in [4.69, 9.17) is 4.74 Å². The number of aliphatic hydroxyl groups excluding tert-OH is 1. The number of fused-ring (bicyclic) bond motifs is 1. The summed E-state index contributed by atoms with van der Waals surface area (Å²) in [4.78, 5) is 18.7. The molecule has 37 heavy (non-hydrogen) atoms. The molecule has 1 aliphatic carbocycles. The lowest BCUT2D eigenvalue weighted by atomic mass is 9.93. The zero-order chi connectivity index (χ0) is 26.6. The second-order valence-corrected chi connectivity index (χ2v) is 12.0. The molecule has 1 amide bonds. The van der Waals surface area contributed by atoms with Crippen LogP contribution in [0.15, 0.2) is 53.7 Å². The third kappa shape index (κ3) is 6.22. The number of benzene rings is 1. The minimum Gasteiger partial charge on any atom is -0.487 e. The summed E-state index contributed by atoms with van der Waals surface area (Å²) in [5.41, 5.74) is 3.04. The Labute approximate surface area is 220 Å². The van der Waals surface area contributed by atoms with E-state index in [0.29, 0.717) is 12.3 Å². The second-order valence-electron chi connectivity index (χ2n) is 10.2. The minimum absolute atomic E-state index is 0.0569. The van der Waals surface area contributed by atoms with Crippen molar-refractivity contribution in [3.05, 3.63) is 59.9 Å². The van der Waals surface area contributed by atoms with Crippen molar-refractivity contribution in [1.29, 1.82) is 0 Å². The van der Waals surface area contributed by atoms with Crippen molar-refractivity contribution >= 4 is 21.5 Å². The van der Waals surface area contributed by atoms with Crippen LogP contribution in [0.1, 0.15) is 50.7 Å². The number of hydrogen-bond donors (Lipinski definition) is 1. The van der Waals surface area contributed by atoms with Crippen LogP contribution in [0.2, 0.25) is 0 Å². The van der Waals surface area contributed by atoms with Crippen molar-refractivity contribution in [2.45, 2.75) is 63.0 Å². The van der Waals surface area contributed by atoms with Gasteiger partial charge in [-0.3, -0.25) is 9.78 Å². The fraction of sp³-hybridized carbons (Fsp3) is 0.500. The van der Waals surface area contributed by atoms with Crippen LogP contribution in [0.4, 0.5) is 0 Å². The molecule has 0 saturated carbocycles. The molecule has 4 rings (SSSR count). The van der Waals surface area contributed by atoms with Crippen molar-refractivity contribution in [2.75, 3.05) is 26.7 Å². The zero-order valence-electron chi connectivity index (χ0n) is 21.8. The van der Waals surface area contributed by atoms with Gasteiger partial charge in [-0.2, -0.15) is 4.31 Å². The number of likely N-dealkylation sites (N-methyl/N-ethyl adjacent to an activating group) is 1. The highest BCUT2D eigenvalue weighted by atomic mass is 32.2. The first-order valence-corrected chi connectivity index (χ1v) is 14.4. The highest BCUT2D eigenvalue weighted by molar-refractivity contribution is 7.89. The molecule has 3 atom stereocenters. The molecule has 1 aromatic heterocycles. The molecule has 200 valence electrons. The van der Waals surface area contributed by atoms with E-state index in [9.17, 15) is 18.3 Å². The van der Waals surface area contributed by atoms with Gasteiger partial charge in [-0.25, -0.2) is 8.42 Å². The molecule has 1 aromatic carbocycles. The number of sulfonamides is 1. The van der Waals surface area contributed by atoms with E-state index in [1.54, 1.807) is 37.3 Å². The Morgan fingerprint density at radius 1 is 1.24 bits per heavy atom. The van der Waals surface area contributed by atoms with Gasteiger partial charge in [-0.1, -0.05) is 19.1 Å². The number of hydrogen-bond acceptors (Lipinski definition) is 6. The monoisotopic (exact) mass is 527 g/mol. The maximum atomic E-state index is 13.7. The van der Waals surface area contributed by atoms with Crippen molar-refractivity contribution in [3.8, 4) is 5.75 Å². The summed E-state index contributed by atoms with van der Waals surface area (Å²) >= 11 is 0. The lowest BCUT2D eigenvalue weighted by Gasteiger charge is -2.37. The van der Waals surface area contributed by atoms with Crippen LogP contribution >= 0.6 is 0 Å². The number of aliphatic hydroxyl groups is 1. The molecule has 0 saturated heterocycles. The van der Waals surface area contributed by atoms with Gasteiger partial charge < -0.3 is 14.7 Å². The van der Waals surface area contributed by atoms with Crippen LogP contribution in [0.25, 0.3) is 5.57 Å². The Morgan fingerprint density at radius 2 is 2.00 bits per heavy atom. The molecule has 2 aromatic rings. The van der Waals surface area contributed by atoms with E-state index < -0.39 is 22.2 Å². The standard InChI is InChI=1S/C28H37N3O5S/c1-20-17-31(21(2)19-32)37(34,35)27-10-9-24(23-7-5-4-6-8-23)16-25(27)36-26(20)18-30(3)28(33)15-22-11-13-29-14-12-22/h7,9-14,16,20-21,26,32H,4-6,8,15,17-19H2,1-3H3/t20-,21+,26-/m0/s1. The molecule has 8 nitrogen and oxygen atoms in total. The van der Waals surface area contributed by atoms with Crippen LogP contribution in [-0.2, 0) is 21.2 Å². The van der Waals surface area contributed by atoms with Crippen molar-refractivity contribution in [3.63, 3.8) is 0 Å². The molecule has 0 spiro atoms. The van der Waals surface area contributed by atoms with Crippen LogP contribution in [-0.4, -0.2) is 72.5 Å². The third-order valence-electron chi connectivity index (χ3n) is 7.31. The number of allylic oxidation sites excluding steroid dienone is 2. The first-order valence-electron chi connectivity index (χ1n) is 13.0. The lowest BCUT2D eigenvalue weighted by Crippen LogP contribution is -2.50. The molecular weight excluding hydrogens is 490 g/mol. The third-order valence-corrected chi connectivity index (χ3v) is 9.33. The highest BCUT2D eigenvalue weighted by Crippen LogP contribution is 2.37. The van der Waals surface area contributed by atoms with E-state index in [-0.39, 0.29) is 36.3 Å². The van der Waals surface area contributed by atoms with Gasteiger partial charge in [0, 0.05) is 37.9 Å². The molecule has 0 unspecified atom stereocenters. The van der Waals surface area contributed by atoms with E-state index in [0.717, 1.165) is 36.8 Å².